The van der Waals surface area contributed by atoms with Crippen molar-refractivity contribution in [1.82, 2.24) is 9.97 Å². The Balaban J connectivity index is 2.79. The number of carbonyl (C=O) groups excluding carboxylic acids is 1. The van der Waals surface area contributed by atoms with Crippen LogP contribution >= 0.6 is 39.1 Å². The van der Waals surface area contributed by atoms with Crippen LogP contribution in [0.5, 0.6) is 0 Å². The van der Waals surface area contributed by atoms with E-state index in [1.165, 1.54) is 6.07 Å². The third-order valence-electron chi connectivity index (χ3n) is 2.42. The molecule has 0 saturated heterocycles. The SMILES string of the molecule is Cc1nc(Cl)c(C=O)c(-c2ccc(Br)c(Cl)c2F)n1. The molecule has 0 N–H and O–H groups in total. The van der Waals surface area contributed by atoms with Crippen molar-refractivity contribution in [3.63, 3.8) is 0 Å². The van der Waals surface area contributed by atoms with E-state index in [1.807, 2.05) is 0 Å². The van der Waals surface area contributed by atoms with Gasteiger partial charge in [0.05, 0.1) is 16.3 Å². The van der Waals surface area contributed by atoms with Crippen LogP contribution in [-0.2, 0) is 0 Å². The summed E-state index contributed by atoms with van der Waals surface area (Å²) in [4.78, 5) is 19.0. The molecule has 0 amide bonds. The summed E-state index contributed by atoms with van der Waals surface area (Å²) in [5.74, 6) is -0.336. The zero-order chi connectivity index (χ0) is 14.2. The lowest BCUT2D eigenvalue weighted by atomic mass is 10.1. The van der Waals surface area contributed by atoms with Crippen molar-refractivity contribution in [2.24, 2.45) is 0 Å². The summed E-state index contributed by atoms with van der Waals surface area (Å²) < 4.78 is 14.6. The third-order valence-corrected chi connectivity index (χ3v) is 3.97. The predicted octanol–water partition coefficient (Wildman–Crippen LogP) is 4.47. The van der Waals surface area contributed by atoms with Gasteiger partial charge in [-0.05, 0) is 35.0 Å². The monoisotopic (exact) mass is 362 g/mol. The van der Waals surface area contributed by atoms with Crippen molar-refractivity contribution in [2.75, 3.05) is 0 Å². The van der Waals surface area contributed by atoms with Gasteiger partial charge >= 0.3 is 0 Å². The van der Waals surface area contributed by atoms with E-state index >= 15 is 0 Å². The zero-order valence-electron chi connectivity index (χ0n) is 9.55. The Bertz CT molecular complexity index is 679. The zero-order valence-corrected chi connectivity index (χ0v) is 12.6. The molecule has 19 heavy (non-hydrogen) atoms. The molecule has 0 aliphatic heterocycles. The lowest BCUT2D eigenvalue weighted by Gasteiger charge is -2.09. The Hall–Kier alpha value is -1.04. The summed E-state index contributed by atoms with van der Waals surface area (Å²) in [7, 11) is 0. The van der Waals surface area contributed by atoms with Gasteiger partial charge in [-0.25, -0.2) is 14.4 Å². The molecule has 7 heteroatoms. The molecule has 0 aliphatic rings. The maximum absolute atomic E-state index is 14.1. The Morgan fingerprint density at radius 2 is 2.00 bits per heavy atom. The molecule has 0 aliphatic carbocycles. The molecule has 98 valence electrons. The average Bonchev–Trinajstić information content (AvgIpc) is 2.35. The number of hydrogen-bond acceptors (Lipinski definition) is 3. The van der Waals surface area contributed by atoms with E-state index in [2.05, 4.69) is 25.9 Å². The highest BCUT2D eigenvalue weighted by molar-refractivity contribution is 9.10. The third kappa shape index (κ3) is 2.63. The number of nitrogens with zero attached hydrogens (tertiary/aromatic N) is 2. The largest absolute Gasteiger partial charge is 0.298 e. The van der Waals surface area contributed by atoms with Gasteiger partial charge in [-0.3, -0.25) is 4.79 Å². The highest BCUT2D eigenvalue weighted by Gasteiger charge is 2.19. The Morgan fingerprint density at radius 1 is 1.32 bits per heavy atom. The van der Waals surface area contributed by atoms with Gasteiger partial charge in [0.2, 0.25) is 0 Å². The first-order valence-corrected chi connectivity index (χ1v) is 6.63. The molecule has 1 aromatic heterocycles. The molecule has 0 spiro atoms. The van der Waals surface area contributed by atoms with E-state index in [9.17, 15) is 9.18 Å². The highest BCUT2D eigenvalue weighted by Crippen LogP contribution is 2.34. The molecule has 0 saturated carbocycles. The summed E-state index contributed by atoms with van der Waals surface area (Å²) in [5, 5.41) is -0.0994. The van der Waals surface area contributed by atoms with Gasteiger partial charge in [-0.15, -0.1) is 0 Å². The maximum atomic E-state index is 14.1. The molecule has 0 fully saturated rings. The fraction of sp³-hybridized carbons (Fsp3) is 0.0833. The summed E-state index contributed by atoms with van der Waals surface area (Å²) >= 11 is 14.8. The number of hydrogen-bond donors (Lipinski definition) is 0. The van der Waals surface area contributed by atoms with Crippen molar-refractivity contribution in [1.29, 1.82) is 0 Å². The number of aromatic nitrogens is 2. The first kappa shape index (κ1) is 14.4. The first-order chi connectivity index (χ1) is 8.95. The van der Waals surface area contributed by atoms with Crippen molar-refractivity contribution in [3.05, 3.63) is 44.0 Å². The van der Waals surface area contributed by atoms with Crippen LogP contribution in [0.1, 0.15) is 16.2 Å². The molecule has 1 aromatic carbocycles. The van der Waals surface area contributed by atoms with Gasteiger partial charge in [0.25, 0.3) is 0 Å². The normalized spacial score (nSPS) is 10.6. The number of aldehydes is 1. The number of aryl methyl sites for hydroxylation is 1. The Morgan fingerprint density at radius 3 is 2.63 bits per heavy atom. The molecular weight excluding hydrogens is 358 g/mol. The predicted molar refractivity (Wildman–Crippen MR) is 75.3 cm³/mol. The minimum absolute atomic E-state index is 0.0176. The molecular formula is C12H6BrCl2FN2O. The lowest BCUT2D eigenvalue weighted by Crippen LogP contribution is -2.01. The smallest absolute Gasteiger partial charge is 0.155 e. The van der Waals surface area contributed by atoms with E-state index in [0.717, 1.165) is 0 Å². The molecule has 0 atom stereocenters. The topological polar surface area (TPSA) is 42.9 Å². The standard InChI is InChI=1S/C12H6BrCl2FN2O/c1-5-17-11(7(4-19)12(15)18-5)6-2-3-8(13)9(14)10(6)16/h2-4H,1H3. The molecule has 0 radical (unpaired) electrons. The van der Waals surface area contributed by atoms with Crippen molar-refractivity contribution < 1.29 is 9.18 Å². The Kier molecular flexibility index (Phi) is 4.18. The summed E-state index contributed by atoms with van der Waals surface area (Å²) in [5.41, 5.74) is 0.256. The van der Waals surface area contributed by atoms with Crippen LogP contribution in [0.3, 0.4) is 0 Å². The van der Waals surface area contributed by atoms with Crippen LogP contribution in [0.25, 0.3) is 11.3 Å². The van der Waals surface area contributed by atoms with Crippen LogP contribution in [0.2, 0.25) is 10.2 Å². The minimum Gasteiger partial charge on any atom is -0.298 e. The van der Waals surface area contributed by atoms with Crippen LogP contribution in [0, 0.1) is 12.7 Å². The number of rotatable bonds is 2. The van der Waals surface area contributed by atoms with E-state index in [1.54, 1.807) is 13.0 Å². The number of carbonyl (C=O) groups is 1. The summed E-state index contributed by atoms with van der Waals surface area (Å²) in [6.45, 7) is 1.60. The van der Waals surface area contributed by atoms with Crippen molar-refractivity contribution in [2.45, 2.75) is 6.92 Å². The van der Waals surface area contributed by atoms with Crippen molar-refractivity contribution in [3.8, 4) is 11.3 Å². The van der Waals surface area contributed by atoms with E-state index in [0.29, 0.717) is 16.6 Å². The van der Waals surface area contributed by atoms with Crippen molar-refractivity contribution >= 4 is 45.4 Å². The molecule has 2 aromatic rings. The maximum Gasteiger partial charge on any atom is 0.155 e. The van der Waals surface area contributed by atoms with Gasteiger partial charge in [0.15, 0.2) is 12.1 Å². The van der Waals surface area contributed by atoms with E-state index in [-0.39, 0.29) is 27.0 Å². The fourth-order valence-corrected chi connectivity index (χ4v) is 2.29. The fourth-order valence-electron chi connectivity index (χ4n) is 1.57. The second-order valence-electron chi connectivity index (χ2n) is 3.66. The number of benzene rings is 1. The van der Waals surface area contributed by atoms with Crippen LogP contribution in [-0.4, -0.2) is 16.3 Å². The van der Waals surface area contributed by atoms with Gasteiger partial charge < -0.3 is 0 Å². The number of halogens is 4. The second-order valence-corrected chi connectivity index (χ2v) is 5.25. The van der Waals surface area contributed by atoms with Crippen LogP contribution in [0.4, 0.5) is 4.39 Å². The molecule has 0 unspecified atom stereocenters. The van der Waals surface area contributed by atoms with Crippen LogP contribution < -0.4 is 0 Å². The summed E-state index contributed by atoms with van der Waals surface area (Å²) in [6.07, 6.45) is 0.493. The lowest BCUT2D eigenvalue weighted by molar-refractivity contribution is 0.112. The van der Waals surface area contributed by atoms with Crippen LogP contribution in [0.15, 0.2) is 16.6 Å². The quantitative estimate of drug-likeness (QED) is 0.449. The highest BCUT2D eigenvalue weighted by atomic mass is 79.9. The molecule has 2 rings (SSSR count). The second kappa shape index (κ2) is 5.53. The van der Waals surface area contributed by atoms with E-state index < -0.39 is 5.82 Å². The Labute approximate surface area is 126 Å². The van der Waals surface area contributed by atoms with E-state index in [4.69, 9.17) is 23.2 Å². The van der Waals surface area contributed by atoms with Gasteiger partial charge in [-0.2, -0.15) is 0 Å². The molecule has 0 bridgehead atoms. The minimum atomic E-state index is -0.673. The molecule has 3 nitrogen and oxygen atoms in total. The van der Waals surface area contributed by atoms with Gasteiger partial charge in [0, 0.05) is 10.0 Å². The van der Waals surface area contributed by atoms with Gasteiger partial charge in [-0.1, -0.05) is 23.2 Å². The van der Waals surface area contributed by atoms with Gasteiger partial charge in [0.1, 0.15) is 11.0 Å². The average molecular weight is 364 g/mol. The molecule has 1 heterocycles. The summed E-state index contributed by atoms with van der Waals surface area (Å²) in [6, 6.07) is 3.04. The first-order valence-electron chi connectivity index (χ1n) is 5.09.